The third-order valence-corrected chi connectivity index (χ3v) is 8.29. The van der Waals surface area contributed by atoms with E-state index in [0.29, 0.717) is 0 Å². The van der Waals surface area contributed by atoms with Crippen molar-refractivity contribution in [2.45, 2.75) is 0 Å². The van der Waals surface area contributed by atoms with E-state index in [1.807, 2.05) is 24.3 Å². The van der Waals surface area contributed by atoms with Gasteiger partial charge in [-0.25, -0.2) is 0 Å². The highest BCUT2D eigenvalue weighted by Gasteiger charge is 2.03. The van der Waals surface area contributed by atoms with Gasteiger partial charge in [-0.2, -0.15) is 0 Å². The van der Waals surface area contributed by atoms with Gasteiger partial charge >= 0.3 is 0 Å². The van der Waals surface area contributed by atoms with Crippen molar-refractivity contribution < 1.29 is 0 Å². The first-order valence-electron chi connectivity index (χ1n) is 15.8. The highest BCUT2D eigenvalue weighted by Crippen LogP contribution is 2.30. The van der Waals surface area contributed by atoms with Gasteiger partial charge in [-0.3, -0.25) is 0 Å². The van der Waals surface area contributed by atoms with E-state index < -0.39 is 0 Å². The summed E-state index contributed by atoms with van der Waals surface area (Å²) in [5, 5.41) is 10.4. The first-order valence-corrected chi connectivity index (χ1v) is 15.8. The van der Waals surface area contributed by atoms with E-state index in [1.165, 1.54) is 65.3 Å². The third-order valence-electron chi connectivity index (χ3n) is 8.29. The molecule has 0 aliphatic carbocycles. The van der Waals surface area contributed by atoms with E-state index in [-0.39, 0.29) is 0 Å². The molecule has 0 radical (unpaired) electrons. The first kappa shape index (κ1) is 28.8. The highest BCUT2D eigenvalue weighted by atomic mass is 14.1. The van der Waals surface area contributed by atoms with E-state index in [0.717, 1.165) is 0 Å². The highest BCUT2D eigenvalue weighted by molar-refractivity contribution is 6.08. The lowest BCUT2D eigenvalue weighted by Gasteiger charge is -2.07. The topological polar surface area (TPSA) is 0 Å². The van der Waals surface area contributed by atoms with Crippen molar-refractivity contribution in [3.8, 4) is 22.3 Å². The standard InChI is InChI=1S/C22H14.2C12H10/c1-2-6-16-10-20-14-22-12-18-8-4-3-7-17(18)11-21(22)13-19(20)9-15(16)5-1;2*1-3-7-11(8-4-1)12-9-5-2-6-10-12/h1-14H;2*1-10H. The number of rotatable bonds is 2. The van der Waals surface area contributed by atoms with Gasteiger partial charge in [0, 0.05) is 0 Å². The lowest BCUT2D eigenvalue weighted by Crippen LogP contribution is -1.80. The van der Waals surface area contributed by atoms with Crippen LogP contribution in [-0.2, 0) is 0 Å². The summed E-state index contributed by atoms with van der Waals surface area (Å²) in [6, 6.07) is 72.5. The van der Waals surface area contributed by atoms with Crippen molar-refractivity contribution in [1.29, 1.82) is 0 Å². The van der Waals surface area contributed by atoms with Crippen molar-refractivity contribution in [2.75, 3.05) is 0 Å². The van der Waals surface area contributed by atoms with Crippen molar-refractivity contribution >= 4 is 43.1 Å². The Bertz CT molecular complexity index is 1990. The molecule has 0 saturated heterocycles. The predicted octanol–water partition coefficient (Wildman–Crippen LogP) is 13.0. The van der Waals surface area contributed by atoms with Crippen molar-refractivity contribution in [2.24, 2.45) is 0 Å². The molecule has 0 atom stereocenters. The average Bonchev–Trinajstić information content (AvgIpc) is 3.14. The van der Waals surface area contributed by atoms with Gasteiger partial charge < -0.3 is 0 Å². The molecule has 0 nitrogen and oxygen atoms in total. The molecule has 9 aromatic rings. The van der Waals surface area contributed by atoms with Crippen LogP contribution in [0.1, 0.15) is 0 Å². The number of fused-ring (bicyclic) bond motifs is 4. The van der Waals surface area contributed by atoms with Crippen LogP contribution in [0.3, 0.4) is 0 Å². The van der Waals surface area contributed by atoms with Crippen LogP contribution in [0.15, 0.2) is 206 Å². The third kappa shape index (κ3) is 6.73. The van der Waals surface area contributed by atoms with Gasteiger partial charge in [-0.1, -0.05) is 170 Å². The van der Waals surface area contributed by atoms with Crippen molar-refractivity contribution in [1.82, 2.24) is 0 Å². The maximum atomic E-state index is 2.31. The molecule has 0 heteroatoms. The summed E-state index contributed by atoms with van der Waals surface area (Å²) >= 11 is 0. The Hall–Kier alpha value is -5.98. The molecule has 9 aromatic carbocycles. The van der Waals surface area contributed by atoms with Crippen LogP contribution in [0.25, 0.3) is 65.3 Å². The molecule has 0 spiro atoms. The molecular weight excluding hydrogens is 553 g/mol. The zero-order chi connectivity index (χ0) is 31.0. The van der Waals surface area contributed by atoms with Gasteiger partial charge in [-0.05, 0) is 102 Å². The molecule has 0 saturated carbocycles. The Morgan fingerprint density at radius 1 is 0.152 bits per heavy atom. The summed E-state index contributed by atoms with van der Waals surface area (Å²) in [6.07, 6.45) is 0. The molecular formula is C46H34. The monoisotopic (exact) mass is 586 g/mol. The molecule has 0 N–H and O–H groups in total. The minimum absolute atomic E-state index is 1.28. The SMILES string of the molecule is c1ccc(-c2ccccc2)cc1.c1ccc(-c2ccccc2)cc1.c1ccc2cc3cc4cc5ccccc5cc4cc3cc2c1. The molecule has 0 amide bonds. The zero-order valence-corrected chi connectivity index (χ0v) is 25.6. The largest absolute Gasteiger partial charge is 0.0622 e. The first-order chi connectivity index (χ1) is 22.8. The smallest absolute Gasteiger partial charge is 0.0171 e. The summed E-state index contributed by atoms with van der Waals surface area (Å²) in [5.74, 6) is 0. The molecule has 0 fully saturated rings. The van der Waals surface area contributed by atoms with E-state index in [9.17, 15) is 0 Å². The fourth-order valence-corrected chi connectivity index (χ4v) is 5.91. The Kier molecular flexibility index (Phi) is 8.61. The minimum Gasteiger partial charge on any atom is -0.0622 e. The van der Waals surface area contributed by atoms with Gasteiger partial charge in [0.05, 0.1) is 0 Å². The molecule has 0 aromatic heterocycles. The Balaban J connectivity index is 0.000000120. The molecule has 0 unspecified atom stereocenters. The fourth-order valence-electron chi connectivity index (χ4n) is 5.91. The maximum absolute atomic E-state index is 2.31. The van der Waals surface area contributed by atoms with Gasteiger partial charge in [0.2, 0.25) is 0 Å². The molecule has 0 bridgehead atoms. The van der Waals surface area contributed by atoms with Gasteiger partial charge in [0.15, 0.2) is 0 Å². The second kappa shape index (κ2) is 13.8. The second-order valence-corrected chi connectivity index (χ2v) is 11.4. The number of hydrogen-bond donors (Lipinski definition) is 0. The number of hydrogen-bond acceptors (Lipinski definition) is 0. The van der Waals surface area contributed by atoms with Crippen LogP contribution in [0.4, 0.5) is 0 Å². The van der Waals surface area contributed by atoms with Crippen LogP contribution >= 0.6 is 0 Å². The van der Waals surface area contributed by atoms with E-state index in [2.05, 4.69) is 182 Å². The summed E-state index contributed by atoms with van der Waals surface area (Å²) in [4.78, 5) is 0. The molecule has 218 valence electrons. The second-order valence-electron chi connectivity index (χ2n) is 11.4. The molecule has 0 heterocycles. The molecule has 0 aliphatic rings. The zero-order valence-electron chi connectivity index (χ0n) is 25.6. The summed E-state index contributed by atoms with van der Waals surface area (Å²) in [5.41, 5.74) is 5.10. The van der Waals surface area contributed by atoms with Gasteiger partial charge in [0.25, 0.3) is 0 Å². The predicted molar refractivity (Wildman–Crippen MR) is 200 cm³/mol. The minimum atomic E-state index is 1.28. The van der Waals surface area contributed by atoms with E-state index in [4.69, 9.17) is 0 Å². The lowest BCUT2D eigenvalue weighted by atomic mass is 9.97. The van der Waals surface area contributed by atoms with E-state index in [1.54, 1.807) is 0 Å². The molecule has 9 rings (SSSR count). The normalized spacial score (nSPS) is 10.6. The average molecular weight is 587 g/mol. The Morgan fingerprint density at radius 2 is 0.326 bits per heavy atom. The maximum Gasteiger partial charge on any atom is -0.0171 e. The quantitative estimate of drug-likeness (QED) is 0.177. The van der Waals surface area contributed by atoms with Crippen molar-refractivity contribution in [3.63, 3.8) is 0 Å². The van der Waals surface area contributed by atoms with Crippen LogP contribution in [-0.4, -0.2) is 0 Å². The fraction of sp³-hybridized carbons (Fsp3) is 0. The van der Waals surface area contributed by atoms with Crippen molar-refractivity contribution in [3.05, 3.63) is 206 Å². The molecule has 46 heavy (non-hydrogen) atoms. The molecule has 0 aliphatic heterocycles. The Morgan fingerprint density at radius 3 is 0.543 bits per heavy atom. The Labute approximate surface area is 270 Å². The van der Waals surface area contributed by atoms with E-state index >= 15 is 0 Å². The van der Waals surface area contributed by atoms with Crippen LogP contribution < -0.4 is 0 Å². The van der Waals surface area contributed by atoms with Crippen LogP contribution in [0.5, 0.6) is 0 Å². The summed E-state index contributed by atoms with van der Waals surface area (Å²) < 4.78 is 0. The summed E-state index contributed by atoms with van der Waals surface area (Å²) in [7, 11) is 0. The summed E-state index contributed by atoms with van der Waals surface area (Å²) in [6.45, 7) is 0. The van der Waals surface area contributed by atoms with Crippen LogP contribution in [0, 0.1) is 0 Å². The number of benzene rings is 9. The lowest BCUT2D eigenvalue weighted by molar-refractivity contribution is 1.62. The van der Waals surface area contributed by atoms with Crippen LogP contribution in [0.2, 0.25) is 0 Å². The van der Waals surface area contributed by atoms with Gasteiger partial charge in [0.1, 0.15) is 0 Å². The van der Waals surface area contributed by atoms with Gasteiger partial charge in [-0.15, -0.1) is 0 Å².